The standard InChI is InChI=1S/C30H22F3N3O5S2/c1-15-6-10-17(11-7-15)36-27(38)23-22(24-26(35-29(40)43-24)42-25(23)28(36)39)16-8-12-18(13-9-16)41-14-21(37)34-20-5-3-2-4-19(20)30(31,32)33/h2-13,22-23,25H,14H2,1H3,(H,34,37)(H,35,40)/t22-,23?,25?/m1/s1. The molecule has 3 heterocycles. The van der Waals surface area contributed by atoms with Gasteiger partial charge in [-0.3, -0.25) is 19.2 Å². The fourth-order valence-electron chi connectivity index (χ4n) is 5.27. The molecular weight excluding hydrogens is 603 g/mol. The Morgan fingerprint density at radius 2 is 1.67 bits per heavy atom. The van der Waals surface area contributed by atoms with Crippen molar-refractivity contribution in [2.45, 2.75) is 29.3 Å². The summed E-state index contributed by atoms with van der Waals surface area (Å²) in [5.74, 6) is -2.58. The minimum Gasteiger partial charge on any atom is -0.484 e. The number of nitrogens with zero attached hydrogens (tertiary/aromatic N) is 1. The number of thiazole rings is 1. The van der Waals surface area contributed by atoms with Crippen LogP contribution >= 0.6 is 23.1 Å². The molecule has 6 rings (SSSR count). The maximum atomic E-state index is 13.8. The van der Waals surface area contributed by atoms with E-state index in [4.69, 9.17) is 4.74 Å². The van der Waals surface area contributed by atoms with Crippen LogP contribution in [-0.2, 0) is 20.6 Å². The van der Waals surface area contributed by atoms with Gasteiger partial charge in [0.15, 0.2) is 6.61 Å². The van der Waals surface area contributed by atoms with Crippen LogP contribution in [0.1, 0.15) is 27.5 Å². The molecule has 1 fully saturated rings. The fourth-order valence-corrected chi connectivity index (χ4v) is 7.79. The number of nitrogens with one attached hydrogen (secondary N) is 2. The van der Waals surface area contributed by atoms with Crippen molar-refractivity contribution in [2.75, 3.05) is 16.8 Å². The quantitative estimate of drug-likeness (QED) is 0.271. The van der Waals surface area contributed by atoms with Crippen LogP contribution in [0.15, 0.2) is 82.6 Å². The molecule has 1 saturated heterocycles. The third kappa shape index (κ3) is 5.45. The summed E-state index contributed by atoms with van der Waals surface area (Å²) >= 11 is 2.17. The number of rotatable bonds is 6. The molecule has 3 aromatic carbocycles. The van der Waals surface area contributed by atoms with Gasteiger partial charge >= 0.3 is 11.0 Å². The number of aromatic amines is 1. The molecule has 2 aliphatic heterocycles. The number of imide groups is 1. The van der Waals surface area contributed by atoms with Gasteiger partial charge in [0.2, 0.25) is 11.8 Å². The summed E-state index contributed by atoms with van der Waals surface area (Å²) < 4.78 is 45.2. The van der Waals surface area contributed by atoms with Crippen LogP contribution in [0, 0.1) is 12.8 Å². The van der Waals surface area contributed by atoms with Gasteiger partial charge in [-0.05, 0) is 48.9 Å². The molecule has 3 amide bonds. The largest absolute Gasteiger partial charge is 0.484 e. The second-order valence-corrected chi connectivity index (χ2v) is 12.2. The number of H-pyrrole nitrogens is 1. The molecule has 0 aliphatic carbocycles. The fraction of sp³-hybridized carbons (Fsp3) is 0.200. The van der Waals surface area contributed by atoms with Crippen molar-refractivity contribution in [1.29, 1.82) is 0 Å². The third-order valence-corrected chi connectivity index (χ3v) is 9.63. The van der Waals surface area contributed by atoms with Gasteiger partial charge in [0.25, 0.3) is 5.91 Å². The van der Waals surface area contributed by atoms with Gasteiger partial charge in [-0.25, -0.2) is 4.90 Å². The van der Waals surface area contributed by atoms with Crippen molar-refractivity contribution in [3.8, 4) is 5.75 Å². The Hall–Kier alpha value is -4.36. The molecule has 0 spiro atoms. The lowest BCUT2D eigenvalue weighted by Crippen LogP contribution is -2.32. The van der Waals surface area contributed by atoms with Crippen molar-refractivity contribution in [3.63, 3.8) is 0 Å². The molecule has 13 heteroatoms. The van der Waals surface area contributed by atoms with E-state index in [2.05, 4.69) is 10.3 Å². The summed E-state index contributed by atoms with van der Waals surface area (Å²) in [5.41, 5.74) is 0.781. The topological polar surface area (TPSA) is 109 Å². The number of aromatic nitrogens is 1. The molecule has 1 aromatic heterocycles. The van der Waals surface area contributed by atoms with E-state index in [0.29, 0.717) is 21.2 Å². The van der Waals surface area contributed by atoms with Gasteiger partial charge in [0.1, 0.15) is 11.0 Å². The molecule has 2 N–H and O–H groups in total. The minimum absolute atomic E-state index is 0.266. The number of carbonyl (C=O) groups excluding carboxylic acids is 3. The maximum absolute atomic E-state index is 13.8. The van der Waals surface area contributed by atoms with Crippen LogP contribution in [0.3, 0.4) is 0 Å². The number of benzene rings is 3. The zero-order chi connectivity index (χ0) is 30.5. The molecule has 3 atom stereocenters. The number of hydrogen-bond donors (Lipinski definition) is 2. The van der Waals surface area contributed by atoms with Gasteiger partial charge < -0.3 is 15.0 Å². The van der Waals surface area contributed by atoms with E-state index in [-0.39, 0.29) is 28.1 Å². The normalized spacial score (nSPS) is 19.6. The van der Waals surface area contributed by atoms with Gasteiger partial charge in [-0.1, -0.05) is 65.1 Å². The highest BCUT2D eigenvalue weighted by Crippen LogP contribution is 2.53. The predicted molar refractivity (Wildman–Crippen MR) is 156 cm³/mol. The first-order chi connectivity index (χ1) is 20.5. The molecule has 4 aromatic rings. The lowest BCUT2D eigenvalue weighted by atomic mass is 9.83. The van der Waals surface area contributed by atoms with E-state index in [0.717, 1.165) is 29.0 Å². The minimum atomic E-state index is -4.63. The van der Waals surface area contributed by atoms with Crippen LogP contribution in [0.4, 0.5) is 24.5 Å². The Bertz CT molecular complexity index is 1780. The van der Waals surface area contributed by atoms with Gasteiger partial charge in [0, 0.05) is 10.8 Å². The van der Waals surface area contributed by atoms with Crippen molar-refractivity contribution in [1.82, 2.24) is 4.98 Å². The first kappa shape index (κ1) is 28.7. The lowest BCUT2D eigenvalue weighted by molar-refractivity contribution is -0.137. The number of aryl methyl sites for hydroxylation is 1. The number of anilines is 2. The second kappa shape index (κ2) is 11.0. The third-order valence-electron chi connectivity index (χ3n) is 7.23. The number of amides is 3. The summed E-state index contributed by atoms with van der Waals surface area (Å²) in [4.78, 5) is 56.3. The number of alkyl halides is 3. The Balaban J connectivity index is 1.22. The molecule has 2 aliphatic rings. The van der Waals surface area contributed by atoms with Crippen LogP contribution < -0.4 is 19.8 Å². The highest BCUT2D eigenvalue weighted by atomic mass is 32.2. The average Bonchev–Trinajstić information content (AvgIpc) is 3.46. The summed E-state index contributed by atoms with van der Waals surface area (Å²) in [6.07, 6.45) is -4.63. The van der Waals surface area contributed by atoms with Gasteiger partial charge in [-0.2, -0.15) is 13.2 Å². The molecule has 220 valence electrons. The van der Waals surface area contributed by atoms with Crippen LogP contribution in [0.25, 0.3) is 0 Å². The molecule has 2 unspecified atom stereocenters. The summed E-state index contributed by atoms with van der Waals surface area (Å²) in [6, 6.07) is 18.2. The number of carbonyl (C=O) groups is 3. The summed E-state index contributed by atoms with van der Waals surface area (Å²) in [6.45, 7) is 1.36. The molecule has 8 nitrogen and oxygen atoms in total. The predicted octanol–water partition coefficient (Wildman–Crippen LogP) is 5.58. The highest BCUT2D eigenvalue weighted by Gasteiger charge is 2.56. The number of fused-ring (bicyclic) bond motifs is 2. The van der Waals surface area contributed by atoms with Gasteiger partial charge in [-0.15, -0.1) is 0 Å². The Morgan fingerprint density at radius 3 is 2.37 bits per heavy atom. The van der Waals surface area contributed by atoms with E-state index in [1.807, 2.05) is 19.1 Å². The molecule has 43 heavy (non-hydrogen) atoms. The maximum Gasteiger partial charge on any atom is 0.418 e. The average molecular weight is 626 g/mol. The number of para-hydroxylation sites is 1. The van der Waals surface area contributed by atoms with Crippen molar-refractivity contribution in [3.05, 3.63) is 104 Å². The zero-order valence-electron chi connectivity index (χ0n) is 22.3. The second-order valence-electron chi connectivity index (χ2n) is 10.0. The number of hydrogen-bond acceptors (Lipinski definition) is 7. The van der Waals surface area contributed by atoms with Crippen LogP contribution in [0.2, 0.25) is 0 Å². The first-order valence-corrected chi connectivity index (χ1v) is 14.7. The van der Waals surface area contributed by atoms with Gasteiger partial charge in [0.05, 0.1) is 27.9 Å². The number of ether oxygens (including phenoxy) is 1. The number of halogens is 3. The van der Waals surface area contributed by atoms with Crippen LogP contribution in [0.5, 0.6) is 5.75 Å². The van der Waals surface area contributed by atoms with Crippen molar-refractivity contribution < 1.29 is 32.3 Å². The monoisotopic (exact) mass is 625 g/mol. The molecular formula is C30H22F3N3O5S2. The van der Waals surface area contributed by atoms with Crippen LogP contribution in [-0.4, -0.2) is 34.6 Å². The smallest absolute Gasteiger partial charge is 0.418 e. The van der Waals surface area contributed by atoms with E-state index < -0.39 is 41.3 Å². The zero-order valence-corrected chi connectivity index (χ0v) is 23.9. The van der Waals surface area contributed by atoms with E-state index in [1.165, 1.54) is 28.8 Å². The van der Waals surface area contributed by atoms with E-state index in [9.17, 15) is 32.3 Å². The summed E-state index contributed by atoms with van der Waals surface area (Å²) in [5, 5.41) is 2.03. The van der Waals surface area contributed by atoms with E-state index in [1.54, 1.807) is 36.4 Å². The molecule has 0 radical (unpaired) electrons. The summed E-state index contributed by atoms with van der Waals surface area (Å²) in [7, 11) is 0. The van der Waals surface area contributed by atoms with E-state index >= 15 is 0 Å². The molecule has 0 bridgehead atoms. The Morgan fingerprint density at radius 1 is 0.977 bits per heavy atom. The SMILES string of the molecule is Cc1ccc(N2C(=O)C3Sc4[nH]c(=O)sc4[C@H](c4ccc(OCC(=O)Nc5ccccc5C(F)(F)F)cc4)C3C2=O)cc1. The Kier molecular flexibility index (Phi) is 7.38. The van der Waals surface area contributed by atoms with Crippen molar-refractivity contribution >= 4 is 52.2 Å². The first-order valence-electron chi connectivity index (χ1n) is 13.0. The Labute approximate surface area is 250 Å². The van der Waals surface area contributed by atoms with Crippen molar-refractivity contribution in [2.24, 2.45) is 5.92 Å². The number of thioether (sulfide) groups is 1. The molecule has 0 saturated carbocycles. The lowest BCUT2D eigenvalue weighted by Gasteiger charge is -2.29. The highest BCUT2D eigenvalue weighted by molar-refractivity contribution is 8.00.